The molecule has 0 saturated heterocycles. The number of likely N-dealkylation sites (N-methyl/N-ethyl adjacent to an activating group) is 2. The van der Waals surface area contributed by atoms with Gasteiger partial charge in [0.05, 0.1) is 16.1 Å². The Labute approximate surface area is 264 Å². The third-order valence-corrected chi connectivity index (χ3v) is 7.14. The van der Waals surface area contributed by atoms with Crippen LogP contribution in [0.5, 0.6) is 0 Å². The molecule has 244 valence electrons. The van der Waals surface area contributed by atoms with Crippen molar-refractivity contribution in [2.24, 2.45) is 5.73 Å². The van der Waals surface area contributed by atoms with Crippen LogP contribution in [0.4, 0.5) is 26.7 Å². The molecule has 0 fully saturated rings. The molecule has 5 rings (SSSR count). The monoisotopic (exact) mass is 665 g/mol. The van der Waals surface area contributed by atoms with Gasteiger partial charge in [0.25, 0.3) is 0 Å². The second-order valence-corrected chi connectivity index (χ2v) is 11.1. The van der Waals surface area contributed by atoms with E-state index in [1.807, 2.05) is 19.0 Å². The van der Waals surface area contributed by atoms with Crippen LogP contribution < -0.4 is 5.73 Å². The molecule has 2 aromatic heterocycles. The molecule has 0 radical (unpaired) electrons. The van der Waals surface area contributed by atoms with Gasteiger partial charge in [-0.05, 0) is 64.6 Å². The highest BCUT2D eigenvalue weighted by atomic mass is 35.5. The summed E-state index contributed by atoms with van der Waals surface area (Å²) < 4.78 is 71.4. The van der Waals surface area contributed by atoms with Crippen LogP contribution in [-0.4, -0.2) is 87.3 Å². The molecule has 0 aliphatic carbocycles. The smallest absolute Gasteiger partial charge is 0.338 e. The number of amides is 1. The molecule has 0 saturated carbocycles. The fourth-order valence-electron chi connectivity index (χ4n) is 4.66. The third kappa shape index (κ3) is 6.95. The fraction of sp³-hybridized carbons (Fsp3) is 0.267. The van der Waals surface area contributed by atoms with Gasteiger partial charge in [-0.15, -0.1) is 0 Å². The van der Waals surface area contributed by atoms with Crippen LogP contribution in [0.2, 0.25) is 5.02 Å². The largest absolute Gasteiger partial charge is 0.478 e. The molecule has 3 N–H and O–H groups in total. The van der Waals surface area contributed by atoms with Crippen LogP contribution in [0.15, 0.2) is 36.4 Å². The molecular formula is C30H29ClF5N7O3. The Morgan fingerprint density at radius 2 is 1.41 bits per heavy atom. The van der Waals surface area contributed by atoms with Crippen LogP contribution in [0.3, 0.4) is 0 Å². The lowest BCUT2D eigenvalue weighted by atomic mass is 10.1. The summed E-state index contributed by atoms with van der Waals surface area (Å²) in [6, 6.07) is 5.98. The normalized spacial score (nSPS) is 11.5. The minimum absolute atomic E-state index is 0.0198. The fourth-order valence-corrected chi connectivity index (χ4v) is 4.84. The van der Waals surface area contributed by atoms with Crippen LogP contribution in [0.1, 0.15) is 22.0 Å². The molecule has 0 aliphatic rings. The molecule has 46 heavy (non-hydrogen) atoms. The first kappa shape index (κ1) is 34.3. The minimum Gasteiger partial charge on any atom is -0.478 e. The summed E-state index contributed by atoms with van der Waals surface area (Å²) in [7, 11) is 7.37. The number of carbonyl (C=O) groups is 2. The second-order valence-electron chi connectivity index (χ2n) is 10.7. The van der Waals surface area contributed by atoms with Gasteiger partial charge in [0, 0.05) is 31.6 Å². The molecule has 0 aliphatic heterocycles. The molecule has 0 unspecified atom stereocenters. The first-order valence-electron chi connectivity index (χ1n) is 13.6. The van der Waals surface area contributed by atoms with E-state index < -0.39 is 52.2 Å². The molecule has 5 aromatic rings. The standard InChI is InChI=1S/C17H15ClF3N3.C13H14F2N4O3/c1-23(2)8-7-15-22-14-6-5-13(20)16(21)17(14)24(15)10-3-4-12(19)11(18)9-10;1-18(2)4-3-8-17-10-6(12(20)21)5-7(14)9(15)11(10)19(8)13(16)22/h3-6,9H,7-8H2,1-2H3;5H,3-4H2,1-2H3,(H2,16,22)(H,20,21). The van der Waals surface area contributed by atoms with Crippen LogP contribution >= 0.6 is 11.6 Å². The van der Waals surface area contributed by atoms with Crippen LogP contribution in [0.25, 0.3) is 27.8 Å². The van der Waals surface area contributed by atoms with Gasteiger partial charge < -0.3 is 20.6 Å². The number of hydrogen-bond acceptors (Lipinski definition) is 6. The second kappa shape index (κ2) is 13.8. The Hall–Kier alpha value is -4.60. The van der Waals surface area contributed by atoms with Crippen molar-refractivity contribution in [2.75, 3.05) is 41.3 Å². The zero-order valence-corrected chi connectivity index (χ0v) is 25.8. The van der Waals surface area contributed by atoms with E-state index in [9.17, 15) is 31.5 Å². The number of imidazole rings is 2. The number of primary amides is 1. The number of rotatable bonds is 8. The van der Waals surface area contributed by atoms with E-state index in [1.54, 1.807) is 19.0 Å². The zero-order valence-electron chi connectivity index (χ0n) is 25.1. The molecule has 0 atom stereocenters. The summed E-state index contributed by atoms with van der Waals surface area (Å²) in [5.74, 6) is -6.13. The molecule has 3 aromatic carbocycles. The van der Waals surface area contributed by atoms with Crippen molar-refractivity contribution in [3.05, 3.63) is 87.7 Å². The summed E-state index contributed by atoms with van der Waals surface area (Å²) in [5.41, 5.74) is 4.61. The SMILES string of the molecule is CN(C)CCc1nc2c(C(=O)O)cc(F)c(F)c2n1C(N)=O.CN(C)CCc1nc2ccc(F)c(F)c2n1-c1ccc(F)c(Cl)c1. The maximum absolute atomic E-state index is 14.4. The van der Waals surface area contributed by atoms with Gasteiger partial charge in [0.15, 0.2) is 23.3 Å². The number of halogens is 6. The number of benzene rings is 3. The number of fused-ring (bicyclic) bond motifs is 2. The third-order valence-electron chi connectivity index (χ3n) is 6.85. The van der Waals surface area contributed by atoms with Gasteiger partial charge in [-0.2, -0.15) is 0 Å². The minimum atomic E-state index is -1.47. The average Bonchev–Trinajstić information content (AvgIpc) is 3.56. The summed E-state index contributed by atoms with van der Waals surface area (Å²) >= 11 is 5.85. The molecule has 0 spiro atoms. The van der Waals surface area contributed by atoms with E-state index in [1.165, 1.54) is 28.8 Å². The average molecular weight is 666 g/mol. The summed E-state index contributed by atoms with van der Waals surface area (Å²) in [6.07, 6.45) is 0.725. The molecule has 2 heterocycles. The van der Waals surface area contributed by atoms with E-state index in [0.29, 0.717) is 47.2 Å². The highest BCUT2D eigenvalue weighted by Gasteiger charge is 2.26. The van der Waals surface area contributed by atoms with Crippen LogP contribution in [0, 0.1) is 29.1 Å². The summed E-state index contributed by atoms with van der Waals surface area (Å²) in [6.45, 7) is 1.13. The van der Waals surface area contributed by atoms with E-state index >= 15 is 0 Å². The highest BCUT2D eigenvalue weighted by Crippen LogP contribution is 2.29. The van der Waals surface area contributed by atoms with E-state index in [2.05, 4.69) is 9.97 Å². The maximum atomic E-state index is 14.4. The Bertz CT molecular complexity index is 1960. The Morgan fingerprint density at radius 1 is 0.826 bits per heavy atom. The lowest BCUT2D eigenvalue weighted by molar-refractivity contribution is 0.0698. The van der Waals surface area contributed by atoms with Gasteiger partial charge in [-0.3, -0.25) is 4.57 Å². The van der Waals surface area contributed by atoms with E-state index in [-0.39, 0.29) is 28.3 Å². The van der Waals surface area contributed by atoms with Gasteiger partial charge in [0.1, 0.15) is 34.0 Å². The number of hydrogen-bond donors (Lipinski definition) is 2. The van der Waals surface area contributed by atoms with Crippen molar-refractivity contribution in [1.82, 2.24) is 28.9 Å². The predicted molar refractivity (Wildman–Crippen MR) is 162 cm³/mol. The molecule has 10 nitrogen and oxygen atoms in total. The number of aromatic nitrogens is 4. The summed E-state index contributed by atoms with van der Waals surface area (Å²) in [5, 5.41) is 9.00. The zero-order chi connectivity index (χ0) is 34.0. The first-order valence-corrected chi connectivity index (χ1v) is 14.0. The van der Waals surface area contributed by atoms with Crippen molar-refractivity contribution in [1.29, 1.82) is 0 Å². The number of nitrogens with two attached hydrogens (primary N) is 1. The molecule has 0 bridgehead atoms. The molecular weight excluding hydrogens is 637 g/mol. The van der Waals surface area contributed by atoms with Gasteiger partial charge >= 0.3 is 12.0 Å². The highest BCUT2D eigenvalue weighted by molar-refractivity contribution is 6.30. The Kier molecular flexibility index (Phi) is 10.3. The van der Waals surface area contributed by atoms with Gasteiger partial charge in [-0.1, -0.05) is 11.6 Å². The van der Waals surface area contributed by atoms with Crippen molar-refractivity contribution in [2.45, 2.75) is 12.8 Å². The Morgan fingerprint density at radius 3 is 1.98 bits per heavy atom. The Balaban J connectivity index is 0.000000210. The van der Waals surface area contributed by atoms with Crippen molar-refractivity contribution in [3.8, 4) is 5.69 Å². The van der Waals surface area contributed by atoms with Gasteiger partial charge in [-0.25, -0.2) is 46.1 Å². The number of aromatic carboxylic acids is 1. The van der Waals surface area contributed by atoms with E-state index in [4.69, 9.17) is 22.4 Å². The summed E-state index contributed by atoms with van der Waals surface area (Å²) in [4.78, 5) is 34.9. The van der Waals surface area contributed by atoms with Crippen molar-refractivity contribution in [3.63, 3.8) is 0 Å². The molecule has 1 amide bonds. The van der Waals surface area contributed by atoms with Gasteiger partial charge in [0.2, 0.25) is 0 Å². The van der Waals surface area contributed by atoms with Crippen molar-refractivity contribution >= 4 is 45.7 Å². The maximum Gasteiger partial charge on any atom is 0.338 e. The number of carboxylic acid groups (broad SMARTS) is 1. The number of carbonyl (C=O) groups excluding carboxylic acids is 1. The van der Waals surface area contributed by atoms with E-state index in [0.717, 1.165) is 6.07 Å². The first-order chi connectivity index (χ1) is 21.6. The number of carboxylic acids is 1. The molecule has 16 heteroatoms. The number of nitrogens with zero attached hydrogens (tertiary/aromatic N) is 6. The van der Waals surface area contributed by atoms with Crippen molar-refractivity contribution < 1.29 is 36.6 Å². The predicted octanol–water partition coefficient (Wildman–Crippen LogP) is 5.24. The topological polar surface area (TPSA) is 123 Å². The lowest BCUT2D eigenvalue weighted by Crippen LogP contribution is -2.24. The van der Waals surface area contributed by atoms with Crippen LogP contribution in [-0.2, 0) is 12.8 Å². The quantitative estimate of drug-likeness (QED) is 0.217. The lowest BCUT2D eigenvalue weighted by Gasteiger charge is -2.13.